The van der Waals surface area contributed by atoms with Gasteiger partial charge in [0.15, 0.2) is 0 Å². The molecular weight excluding hydrogens is 384 g/mol. The highest BCUT2D eigenvalue weighted by Crippen LogP contribution is 2.31. The minimum Gasteiger partial charge on any atom is -0.457 e. The van der Waals surface area contributed by atoms with Gasteiger partial charge in [-0.05, 0) is 42.0 Å². The van der Waals surface area contributed by atoms with E-state index in [-0.39, 0.29) is 12.6 Å². The lowest BCUT2D eigenvalue weighted by molar-refractivity contribution is 0.0468. The van der Waals surface area contributed by atoms with Gasteiger partial charge in [0.1, 0.15) is 6.61 Å². The highest BCUT2D eigenvalue weighted by molar-refractivity contribution is 9.10. The van der Waals surface area contributed by atoms with E-state index in [1.165, 1.54) is 0 Å². The van der Waals surface area contributed by atoms with Crippen molar-refractivity contribution in [3.8, 4) is 0 Å². The monoisotopic (exact) mass is 398 g/mol. The molecule has 0 saturated heterocycles. The zero-order valence-electron chi connectivity index (χ0n) is 12.8. The molecule has 0 fully saturated rings. The van der Waals surface area contributed by atoms with E-state index < -0.39 is 0 Å². The first-order valence-corrected chi connectivity index (χ1v) is 9.07. The van der Waals surface area contributed by atoms with Gasteiger partial charge in [0.25, 0.3) is 0 Å². The fourth-order valence-electron chi connectivity index (χ4n) is 2.15. The van der Waals surface area contributed by atoms with E-state index in [4.69, 9.17) is 4.74 Å². The van der Waals surface area contributed by atoms with Gasteiger partial charge in [0.2, 0.25) is 0 Å². The van der Waals surface area contributed by atoms with Crippen LogP contribution in [-0.2, 0) is 11.3 Å². The van der Waals surface area contributed by atoms with Crippen LogP contribution in [0.3, 0.4) is 0 Å². The Morgan fingerprint density at radius 1 is 0.875 bits per heavy atom. The van der Waals surface area contributed by atoms with Crippen LogP contribution < -0.4 is 0 Å². The summed E-state index contributed by atoms with van der Waals surface area (Å²) in [5.41, 5.74) is 1.56. The van der Waals surface area contributed by atoms with Crippen LogP contribution in [0.4, 0.5) is 0 Å². The summed E-state index contributed by atoms with van der Waals surface area (Å²) in [6.07, 6.45) is 0. The van der Waals surface area contributed by atoms with Crippen molar-refractivity contribution in [2.24, 2.45) is 0 Å². The predicted molar refractivity (Wildman–Crippen MR) is 100 cm³/mol. The Kier molecular flexibility index (Phi) is 5.72. The minimum atomic E-state index is -0.306. The maximum absolute atomic E-state index is 12.4. The Morgan fingerprint density at radius 2 is 1.54 bits per heavy atom. The summed E-state index contributed by atoms with van der Waals surface area (Å²) in [6, 6.07) is 25.2. The topological polar surface area (TPSA) is 26.3 Å². The van der Waals surface area contributed by atoms with Crippen LogP contribution >= 0.6 is 27.7 Å². The molecule has 4 heteroatoms. The van der Waals surface area contributed by atoms with Crippen molar-refractivity contribution in [1.82, 2.24) is 0 Å². The van der Waals surface area contributed by atoms with Crippen LogP contribution in [0.5, 0.6) is 0 Å². The molecule has 0 N–H and O–H groups in total. The molecule has 0 radical (unpaired) electrons. The normalized spacial score (nSPS) is 10.4. The standard InChI is InChI=1S/C20H15BrO2S/c21-16-10-12-17(13-11-16)24-19-9-5-4-8-18(19)20(22)23-14-15-6-2-1-3-7-15/h1-13H,14H2. The Hall–Kier alpha value is -2.04. The van der Waals surface area contributed by atoms with Gasteiger partial charge in [-0.2, -0.15) is 0 Å². The lowest BCUT2D eigenvalue weighted by Crippen LogP contribution is -2.06. The number of hydrogen-bond acceptors (Lipinski definition) is 3. The summed E-state index contributed by atoms with van der Waals surface area (Å²) >= 11 is 4.98. The molecule has 0 saturated carbocycles. The molecule has 0 aliphatic carbocycles. The smallest absolute Gasteiger partial charge is 0.339 e. The average Bonchev–Trinajstić information content (AvgIpc) is 2.63. The third-order valence-electron chi connectivity index (χ3n) is 3.36. The van der Waals surface area contributed by atoms with Gasteiger partial charge >= 0.3 is 5.97 Å². The summed E-state index contributed by atoms with van der Waals surface area (Å²) in [6.45, 7) is 0.275. The maximum atomic E-state index is 12.4. The third kappa shape index (κ3) is 4.49. The van der Waals surface area contributed by atoms with Crippen molar-refractivity contribution < 1.29 is 9.53 Å². The van der Waals surface area contributed by atoms with Crippen LogP contribution in [0.15, 0.2) is 93.1 Å². The van der Waals surface area contributed by atoms with Crippen LogP contribution in [0.25, 0.3) is 0 Å². The van der Waals surface area contributed by atoms with Crippen LogP contribution in [-0.4, -0.2) is 5.97 Å². The van der Waals surface area contributed by atoms with E-state index in [1.807, 2.05) is 72.8 Å². The molecule has 0 heterocycles. The van der Waals surface area contributed by atoms with Crippen molar-refractivity contribution in [1.29, 1.82) is 0 Å². The fraction of sp³-hybridized carbons (Fsp3) is 0.0500. The molecule has 0 aliphatic rings. The fourth-order valence-corrected chi connectivity index (χ4v) is 3.35. The number of rotatable bonds is 5. The minimum absolute atomic E-state index is 0.275. The van der Waals surface area contributed by atoms with E-state index in [1.54, 1.807) is 17.8 Å². The van der Waals surface area contributed by atoms with Crippen LogP contribution in [0.1, 0.15) is 15.9 Å². The zero-order valence-corrected chi connectivity index (χ0v) is 15.2. The van der Waals surface area contributed by atoms with Crippen LogP contribution in [0, 0.1) is 0 Å². The average molecular weight is 399 g/mol. The van der Waals surface area contributed by atoms with E-state index in [9.17, 15) is 4.79 Å². The Balaban J connectivity index is 1.73. The molecule has 3 aromatic carbocycles. The van der Waals surface area contributed by atoms with Gasteiger partial charge in [-0.25, -0.2) is 4.79 Å². The van der Waals surface area contributed by atoms with Crippen molar-refractivity contribution >= 4 is 33.7 Å². The first kappa shape index (κ1) is 16.8. The predicted octanol–water partition coefficient (Wildman–Crippen LogP) is 5.96. The second-order valence-electron chi connectivity index (χ2n) is 5.11. The number of hydrogen-bond donors (Lipinski definition) is 0. The molecule has 24 heavy (non-hydrogen) atoms. The summed E-state index contributed by atoms with van der Waals surface area (Å²) in [5.74, 6) is -0.306. The number of halogens is 1. The highest BCUT2D eigenvalue weighted by atomic mass is 79.9. The summed E-state index contributed by atoms with van der Waals surface area (Å²) in [5, 5.41) is 0. The second kappa shape index (κ2) is 8.18. The van der Waals surface area contributed by atoms with Gasteiger partial charge in [0, 0.05) is 14.3 Å². The molecule has 0 aliphatic heterocycles. The summed E-state index contributed by atoms with van der Waals surface area (Å²) in [4.78, 5) is 14.4. The highest BCUT2D eigenvalue weighted by Gasteiger charge is 2.13. The number of ether oxygens (including phenoxy) is 1. The van der Waals surface area contributed by atoms with Crippen molar-refractivity contribution in [2.75, 3.05) is 0 Å². The molecule has 2 nitrogen and oxygen atoms in total. The molecule has 0 atom stereocenters. The molecule has 3 rings (SSSR count). The van der Waals surface area contributed by atoms with E-state index >= 15 is 0 Å². The first-order chi connectivity index (χ1) is 11.7. The molecule has 0 spiro atoms. The number of carbonyl (C=O) groups excluding carboxylic acids is 1. The van der Waals surface area contributed by atoms with E-state index in [0.717, 1.165) is 19.8 Å². The number of carbonyl (C=O) groups is 1. The molecular formula is C20H15BrO2S. The quantitative estimate of drug-likeness (QED) is 0.496. The van der Waals surface area contributed by atoms with Gasteiger partial charge in [-0.3, -0.25) is 0 Å². The summed E-state index contributed by atoms with van der Waals surface area (Å²) < 4.78 is 6.48. The molecule has 0 bridgehead atoms. The van der Waals surface area contributed by atoms with Crippen molar-refractivity contribution in [3.63, 3.8) is 0 Å². The van der Waals surface area contributed by atoms with E-state index in [2.05, 4.69) is 15.9 Å². The molecule has 0 unspecified atom stereocenters. The van der Waals surface area contributed by atoms with E-state index in [0.29, 0.717) is 5.56 Å². The SMILES string of the molecule is O=C(OCc1ccccc1)c1ccccc1Sc1ccc(Br)cc1. The lowest BCUT2D eigenvalue weighted by Gasteiger charge is -2.09. The molecule has 0 aromatic heterocycles. The van der Waals surface area contributed by atoms with Crippen molar-refractivity contribution in [3.05, 3.63) is 94.5 Å². The third-order valence-corrected chi connectivity index (χ3v) is 4.97. The molecule has 0 amide bonds. The molecule has 3 aromatic rings. The Labute approximate surface area is 154 Å². The first-order valence-electron chi connectivity index (χ1n) is 7.46. The van der Waals surface area contributed by atoms with Gasteiger partial charge in [0.05, 0.1) is 5.56 Å². The zero-order chi connectivity index (χ0) is 16.8. The lowest BCUT2D eigenvalue weighted by atomic mass is 10.2. The van der Waals surface area contributed by atoms with Crippen LogP contribution in [0.2, 0.25) is 0 Å². The maximum Gasteiger partial charge on any atom is 0.339 e. The van der Waals surface area contributed by atoms with Gasteiger partial charge < -0.3 is 4.74 Å². The Morgan fingerprint density at radius 3 is 2.29 bits per heavy atom. The largest absolute Gasteiger partial charge is 0.457 e. The van der Waals surface area contributed by atoms with Gasteiger partial charge in [-0.15, -0.1) is 0 Å². The summed E-state index contributed by atoms with van der Waals surface area (Å²) in [7, 11) is 0. The second-order valence-corrected chi connectivity index (χ2v) is 7.14. The number of esters is 1. The Bertz CT molecular complexity index is 817. The van der Waals surface area contributed by atoms with Gasteiger partial charge in [-0.1, -0.05) is 70.2 Å². The number of benzene rings is 3. The van der Waals surface area contributed by atoms with Crippen molar-refractivity contribution in [2.45, 2.75) is 16.4 Å². The molecule has 120 valence electrons.